The van der Waals surface area contributed by atoms with Gasteiger partial charge in [0.15, 0.2) is 0 Å². The first-order chi connectivity index (χ1) is 25.0. The second kappa shape index (κ2) is 20.0. The van der Waals surface area contributed by atoms with Crippen molar-refractivity contribution in [1.82, 2.24) is 10.5 Å². The molecule has 0 saturated carbocycles. The molecule has 4 N–H and O–H groups in total. The number of hydrogen-bond acceptors (Lipinski definition) is 8. The van der Waals surface area contributed by atoms with Gasteiger partial charge in [0.1, 0.15) is 0 Å². The number of halogens is 2. The number of carbonyl (C=O) groups excluding carboxylic acids is 3. The second-order valence-corrected chi connectivity index (χ2v) is 12.7. The molecular weight excluding hydrogens is 705 g/mol. The van der Waals surface area contributed by atoms with E-state index in [-0.39, 0.29) is 37.2 Å². The summed E-state index contributed by atoms with van der Waals surface area (Å²) in [6, 6.07) is 31.5. The van der Waals surface area contributed by atoms with E-state index in [0.29, 0.717) is 24.5 Å². The van der Waals surface area contributed by atoms with Gasteiger partial charge in [0.2, 0.25) is 5.76 Å². The number of nitrogens with one attached hydrogen (secondary N) is 2. The Morgan fingerprint density at radius 1 is 0.712 bits per heavy atom. The average Bonchev–Trinajstić information content (AvgIpc) is 3.56. The van der Waals surface area contributed by atoms with E-state index in [1.54, 1.807) is 13.8 Å². The molecule has 10 nitrogen and oxygen atoms in total. The Kier molecular flexibility index (Phi) is 15.3. The molecule has 0 aliphatic rings. The zero-order chi connectivity index (χ0) is 37.5. The summed E-state index contributed by atoms with van der Waals surface area (Å²) in [7, 11) is 0. The Morgan fingerprint density at radius 2 is 1.21 bits per heavy atom. The summed E-state index contributed by atoms with van der Waals surface area (Å²) < 4.78 is 14.7. The van der Waals surface area contributed by atoms with Crippen molar-refractivity contribution < 1.29 is 28.4 Å². The first-order valence-corrected chi connectivity index (χ1v) is 17.5. The normalized spacial score (nSPS) is 11.8. The molecule has 0 saturated heterocycles. The Hall–Kier alpha value is -5.16. The number of rotatable bonds is 14. The van der Waals surface area contributed by atoms with Crippen molar-refractivity contribution in [3.05, 3.63) is 140 Å². The number of hydrogen-bond donors (Lipinski definition) is 3. The van der Waals surface area contributed by atoms with Crippen LogP contribution in [0.5, 0.6) is 0 Å². The van der Waals surface area contributed by atoms with Gasteiger partial charge in [-0.25, -0.2) is 0 Å². The van der Waals surface area contributed by atoms with Gasteiger partial charge >= 0.3 is 11.9 Å². The molecule has 52 heavy (non-hydrogen) atoms. The Morgan fingerprint density at radius 3 is 1.67 bits per heavy atom. The molecule has 4 aromatic carbocycles. The molecule has 0 unspecified atom stereocenters. The quantitative estimate of drug-likeness (QED) is 0.0994. The fourth-order valence-corrected chi connectivity index (χ4v) is 5.72. The van der Waals surface area contributed by atoms with E-state index in [2.05, 4.69) is 10.5 Å². The van der Waals surface area contributed by atoms with E-state index < -0.39 is 23.5 Å². The third-order valence-corrected chi connectivity index (χ3v) is 8.21. The second-order valence-electron chi connectivity index (χ2n) is 11.8. The van der Waals surface area contributed by atoms with E-state index in [0.717, 1.165) is 44.5 Å². The fourth-order valence-electron chi connectivity index (χ4n) is 5.34. The van der Waals surface area contributed by atoms with Gasteiger partial charge in [0.05, 0.1) is 32.1 Å². The van der Waals surface area contributed by atoms with Crippen molar-refractivity contribution in [3.8, 4) is 22.3 Å². The van der Waals surface area contributed by atoms with E-state index in [4.69, 9.17) is 42.9 Å². The number of benzene rings is 4. The Bertz CT molecular complexity index is 1970. The molecule has 1 heterocycles. The molecule has 2 atom stereocenters. The lowest BCUT2D eigenvalue weighted by Gasteiger charge is -2.17. The summed E-state index contributed by atoms with van der Waals surface area (Å²) in [5.74, 6) is -1.40. The Balaban J connectivity index is 0.000000244. The number of amides is 1. The molecule has 5 aromatic rings. The van der Waals surface area contributed by atoms with Gasteiger partial charge in [-0.15, -0.1) is 0 Å². The number of H-pyrrole nitrogens is 1. The van der Waals surface area contributed by atoms with Gasteiger partial charge in [0.25, 0.3) is 11.5 Å². The van der Waals surface area contributed by atoms with Crippen LogP contribution in [0.15, 0.2) is 112 Å². The van der Waals surface area contributed by atoms with Crippen LogP contribution in [-0.2, 0) is 31.9 Å². The molecule has 0 aliphatic heterocycles. The van der Waals surface area contributed by atoms with Crippen LogP contribution in [0.3, 0.4) is 0 Å². The Labute approximate surface area is 312 Å². The summed E-state index contributed by atoms with van der Waals surface area (Å²) in [5, 5.41) is 6.17. The minimum Gasteiger partial charge on any atom is -0.466 e. The van der Waals surface area contributed by atoms with Crippen LogP contribution in [0.4, 0.5) is 0 Å². The SMILES string of the molecule is CCOC(=O)C[C@@H](Cc1ccc(-c2cccc(Cl)c2)cc1)NC(=O)c1cc(=O)[nH]o1.CCOC(=O)C[C@H](N)Cc1ccc(-c2cccc(Cl)c2)cc1. The summed E-state index contributed by atoms with van der Waals surface area (Å²) >= 11 is 12.1. The maximum atomic E-state index is 12.3. The molecule has 0 bridgehead atoms. The highest BCUT2D eigenvalue weighted by Gasteiger charge is 2.21. The molecule has 272 valence electrons. The highest BCUT2D eigenvalue weighted by Crippen LogP contribution is 2.25. The maximum absolute atomic E-state index is 12.3. The number of carbonyl (C=O) groups is 3. The van der Waals surface area contributed by atoms with Gasteiger partial charge in [-0.2, -0.15) is 5.16 Å². The zero-order valence-electron chi connectivity index (χ0n) is 28.9. The van der Waals surface area contributed by atoms with Crippen molar-refractivity contribution in [1.29, 1.82) is 0 Å². The van der Waals surface area contributed by atoms with Gasteiger partial charge in [-0.05, 0) is 84.3 Å². The van der Waals surface area contributed by atoms with Crippen LogP contribution < -0.4 is 16.6 Å². The van der Waals surface area contributed by atoms with E-state index >= 15 is 0 Å². The molecule has 1 amide bonds. The minimum atomic E-state index is -0.585. The van der Waals surface area contributed by atoms with Crippen LogP contribution >= 0.6 is 23.2 Å². The number of esters is 2. The number of aromatic nitrogens is 1. The van der Waals surface area contributed by atoms with Crippen molar-refractivity contribution in [3.63, 3.8) is 0 Å². The standard InChI is InChI=1S/C22H21ClN2O5.C18H20ClNO2/c1-2-29-21(27)12-18(24-22(28)19-13-20(26)25-30-19)10-14-6-8-15(9-7-14)16-4-3-5-17(23)11-16;1-2-22-18(21)12-17(20)10-13-6-8-14(9-7-13)15-4-3-5-16(19)11-15/h3-9,11,13,18H,2,10,12H2,1H3,(H,24,28)(H,25,26);3-9,11,17H,2,10,12,20H2,1H3/t18-;17-/m11/s1. The smallest absolute Gasteiger partial charge is 0.307 e. The van der Waals surface area contributed by atoms with Gasteiger partial charge < -0.3 is 25.0 Å². The van der Waals surface area contributed by atoms with E-state index in [1.807, 2.05) is 97.1 Å². The average molecular weight is 747 g/mol. The molecule has 0 aliphatic carbocycles. The number of aromatic amines is 1. The van der Waals surface area contributed by atoms with Crippen LogP contribution in [0.25, 0.3) is 22.3 Å². The predicted molar refractivity (Wildman–Crippen MR) is 202 cm³/mol. The number of nitrogens with two attached hydrogens (primary N) is 1. The van der Waals surface area contributed by atoms with Crippen LogP contribution in [0, 0.1) is 0 Å². The molecular formula is C40H41Cl2N3O7. The van der Waals surface area contributed by atoms with Gasteiger partial charge in [-0.3, -0.25) is 19.2 Å². The summed E-state index contributed by atoms with van der Waals surface area (Å²) in [5.41, 5.74) is 11.7. The lowest BCUT2D eigenvalue weighted by molar-refractivity contribution is -0.144. The molecule has 0 spiro atoms. The van der Waals surface area contributed by atoms with Crippen LogP contribution in [0.2, 0.25) is 10.0 Å². The minimum absolute atomic E-state index is 0.00964. The number of ether oxygens (including phenoxy) is 2. The maximum Gasteiger partial charge on any atom is 0.307 e. The summed E-state index contributed by atoms with van der Waals surface area (Å²) in [6.07, 6.45) is 1.28. The van der Waals surface area contributed by atoms with Crippen molar-refractivity contribution >= 4 is 41.0 Å². The topological polar surface area (TPSA) is 154 Å². The first-order valence-electron chi connectivity index (χ1n) is 16.8. The van der Waals surface area contributed by atoms with E-state index in [9.17, 15) is 19.2 Å². The van der Waals surface area contributed by atoms with Crippen molar-refractivity contribution in [2.75, 3.05) is 13.2 Å². The lowest BCUT2D eigenvalue weighted by Crippen LogP contribution is -2.38. The van der Waals surface area contributed by atoms with E-state index in [1.165, 1.54) is 0 Å². The third-order valence-electron chi connectivity index (χ3n) is 7.74. The molecule has 0 fully saturated rings. The zero-order valence-corrected chi connectivity index (χ0v) is 30.4. The predicted octanol–water partition coefficient (Wildman–Crippen LogP) is 7.41. The van der Waals surface area contributed by atoms with Gasteiger partial charge in [-0.1, -0.05) is 96.0 Å². The monoisotopic (exact) mass is 745 g/mol. The highest BCUT2D eigenvalue weighted by molar-refractivity contribution is 6.31. The highest BCUT2D eigenvalue weighted by atomic mass is 35.5. The lowest BCUT2D eigenvalue weighted by atomic mass is 9.99. The van der Waals surface area contributed by atoms with Gasteiger partial charge in [0, 0.05) is 22.1 Å². The summed E-state index contributed by atoms with van der Waals surface area (Å²) in [6.45, 7) is 4.15. The largest absolute Gasteiger partial charge is 0.466 e. The molecule has 0 radical (unpaired) electrons. The third kappa shape index (κ3) is 12.9. The van der Waals surface area contributed by atoms with Crippen molar-refractivity contribution in [2.24, 2.45) is 5.73 Å². The summed E-state index contributed by atoms with van der Waals surface area (Å²) in [4.78, 5) is 46.9. The molecule has 12 heteroatoms. The first kappa shape index (κ1) is 39.6. The molecule has 5 rings (SSSR count). The molecule has 1 aromatic heterocycles. The van der Waals surface area contributed by atoms with Crippen molar-refractivity contribution in [2.45, 2.75) is 51.6 Å². The van der Waals surface area contributed by atoms with Crippen LogP contribution in [0.1, 0.15) is 48.4 Å². The van der Waals surface area contributed by atoms with Crippen LogP contribution in [-0.4, -0.2) is 48.3 Å². The fraction of sp³-hybridized carbons (Fsp3) is 0.250.